The van der Waals surface area contributed by atoms with E-state index in [-0.39, 0.29) is 0 Å². The zero-order valence-corrected chi connectivity index (χ0v) is 12.4. The maximum Gasteiger partial charge on any atom is 0.340 e. The fourth-order valence-corrected chi connectivity index (χ4v) is 1.87. The number of carbonyl (C=O) groups is 1. The molecule has 0 saturated carbocycles. The van der Waals surface area contributed by atoms with Crippen molar-refractivity contribution in [3.8, 4) is 0 Å². The Morgan fingerprint density at radius 1 is 1.38 bits per heavy atom. The Balaban J connectivity index is 2.08. The SMILES string of the molecule is CCOC(=O)c1cc(NCc2ccc(Cl)cc2)ncc1N. The number of esters is 1. The van der Waals surface area contributed by atoms with E-state index in [1.165, 1.54) is 6.20 Å². The molecule has 5 nitrogen and oxygen atoms in total. The largest absolute Gasteiger partial charge is 0.462 e. The summed E-state index contributed by atoms with van der Waals surface area (Å²) in [7, 11) is 0. The van der Waals surface area contributed by atoms with Gasteiger partial charge in [0, 0.05) is 11.6 Å². The third-order valence-electron chi connectivity index (χ3n) is 2.82. The summed E-state index contributed by atoms with van der Waals surface area (Å²) in [6.07, 6.45) is 1.44. The van der Waals surface area contributed by atoms with Crippen LogP contribution in [0.25, 0.3) is 0 Å². The van der Waals surface area contributed by atoms with Gasteiger partial charge in [-0.05, 0) is 30.7 Å². The molecule has 21 heavy (non-hydrogen) atoms. The van der Waals surface area contributed by atoms with Gasteiger partial charge in [-0.2, -0.15) is 0 Å². The van der Waals surface area contributed by atoms with Gasteiger partial charge in [-0.25, -0.2) is 9.78 Å². The van der Waals surface area contributed by atoms with Gasteiger partial charge in [0.25, 0.3) is 0 Å². The lowest BCUT2D eigenvalue weighted by Crippen LogP contribution is -2.10. The van der Waals surface area contributed by atoms with Gasteiger partial charge >= 0.3 is 5.97 Å². The maximum atomic E-state index is 11.8. The summed E-state index contributed by atoms with van der Waals surface area (Å²) < 4.78 is 4.95. The minimum absolute atomic E-state index is 0.297. The Morgan fingerprint density at radius 2 is 2.10 bits per heavy atom. The first-order valence-corrected chi connectivity index (χ1v) is 6.89. The van der Waals surface area contributed by atoms with Crippen LogP contribution in [0.15, 0.2) is 36.5 Å². The minimum atomic E-state index is -0.452. The van der Waals surface area contributed by atoms with Gasteiger partial charge in [0.1, 0.15) is 5.82 Å². The number of benzene rings is 1. The fourth-order valence-electron chi connectivity index (χ4n) is 1.74. The van der Waals surface area contributed by atoms with Gasteiger partial charge in [0.05, 0.1) is 24.1 Å². The fraction of sp³-hybridized carbons (Fsp3) is 0.200. The number of halogens is 1. The summed E-state index contributed by atoms with van der Waals surface area (Å²) >= 11 is 5.83. The monoisotopic (exact) mass is 305 g/mol. The molecule has 0 bridgehead atoms. The van der Waals surface area contributed by atoms with Crippen molar-refractivity contribution in [2.45, 2.75) is 13.5 Å². The van der Waals surface area contributed by atoms with Crippen molar-refractivity contribution in [2.75, 3.05) is 17.7 Å². The molecule has 0 radical (unpaired) electrons. The summed E-state index contributed by atoms with van der Waals surface area (Å²) in [6, 6.07) is 9.05. The van der Waals surface area contributed by atoms with E-state index in [0.717, 1.165) is 5.56 Å². The number of rotatable bonds is 5. The molecule has 0 unspecified atom stereocenters. The Morgan fingerprint density at radius 3 is 2.76 bits per heavy atom. The molecule has 2 aromatic rings. The highest BCUT2D eigenvalue weighted by Crippen LogP contribution is 2.17. The van der Waals surface area contributed by atoms with Crippen molar-refractivity contribution in [1.29, 1.82) is 0 Å². The molecule has 0 atom stereocenters. The average Bonchev–Trinajstić information content (AvgIpc) is 2.48. The van der Waals surface area contributed by atoms with Crippen LogP contribution in [-0.2, 0) is 11.3 Å². The molecule has 1 heterocycles. The number of anilines is 2. The first kappa shape index (κ1) is 15.1. The van der Waals surface area contributed by atoms with E-state index < -0.39 is 5.97 Å². The lowest BCUT2D eigenvalue weighted by Gasteiger charge is -2.09. The summed E-state index contributed by atoms with van der Waals surface area (Å²) in [5.74, 6) is 0.106. The van der Waals surface area contributed by atoms with Gasteiger partial charge in [-0.3, -0.25) is 0 Å². The highest BCUT2D eigenvalue weighted by molar-refractivity contribution is 6.30. The molecule has 3 N–H and O–H groups in total. The number of nitrogens with two attached hydrogens (primary N) is 1. The second-order valence-electron chi connectivity index (χ2n) is 4.36. The van der Waals surface area contributed by atoms with Gasteiger partial charge in [0.2, 0.25) is 0 Å². The molecular weight excluding hydrogens is 290 g/mol. The number of nitrogens with zero attached hydrogens (tertiary/aromatic N) is 1. The molecule has 0 aliphatic heterocycles. The van der Waals surface area contributed by atoms with Gasteiger partial charge in [0.15, 0.2) is 0 Å². The number of hydrogen-bond acceptors (Lipinski definition) is 5. The van der Waals surface area contributed by atoms with Gasteiger partial charge in [-0.1, -0.05) is 23.7 Å². The first-order chi connectivity index (χ1) is 10.1. The van der Waals surface area contributed by atoms with E-state index in [9.17, 15) is 4.79 Å². The highest BCUT2D eigenvalue weighted by atomic mass is 35.5. The van der Waals surface area contributed by atoms with Crippen molar-refractivity contribution in [3.05, 3.63) is 52.7 Å². The Bertz CT molecular complexity index is 629. The average molecular weight is 306 g/mol. The van der Waals surface area contributed by atoms with Crippen LogP contribution >= 0.6 is 11.6 Å². The number of nitrogens with one attached hydrogen (secondary N) is 1. The molecule has 0 saturated heterocycles. The normalized spacial score (nSPS) is 10.2. The molecule has 2 rings (SSSR count). The van der Waals surface area contributed by atoms with Gasteiger partial charge in [-0.15, -0.1) is 0 Å². The molecule has 1 aromatic carbocycles. The van der Waals surface area contributed by atoms with Crippen LogP contribution in [0.3, 0.4) is 0 Å². The zero-order valence-electron chi connectivity index (χ0n) is 11.6. The molecule has 0 amide bonds. The summed E-state index contributed by atoms with van der Waals surface area (Å²) in [4.78, 5) is 15.9. The molecule has 0 aliphatic carbocycles. The lowest BCUT2D eigenvalue weighted by atomic mass is 10.2. The topological polar surface area (TPSA) is 77.2 Å². The summed E-state index contributed by atoms with van der Waals surface area (Å²) in [5, 5.41) is 3.82. The lowest BCUT2D eigenvalue weighted by molar-refractivity contribution is 0.0527. The second kappa shape index (κ2) is 6.95. The van der Waals surface area contributed by atoms with Crippen LogP contribution in [0.1, 0.15) is 22.8 Å². The minimum Gasteiger partial charge on any atom is -0.462 e. The van der Waals surface area contributed by atoms with E-state index >= 15 is 0 Å². The van der Waals surface area contributed by atoms with Crippen LogP contribution in [0.4, 0.5) is 11.5 Å². The van der Waals surface area contributed by atoms with Crippen molar-refractivity contribution in [2.24, 2.45) is 0 Å². The van der Waals surface area contributed by atoms with Crippen molar-refractivity contribution >= 4 is 29.1 Å². The van der Waals surface area contributed by atoms with E-state index in [2.05, 4.69) is 10.3 Å². The predicted molar refractivity (Wildman–Crippen MR) is 83.4 cm³/mol. The van der Waals surface area contributed by atoms with E-state index in [1.54, 1.807) is 13.0 Å². The first-order valence-electron chi connectivity index (χ1n) is 6.51. The third kappa shape index (κ3) is 4.10. The number of pyridine rings is 1. The number of aromatic nitrogens is 1. The summed E-state index contributed by atoms with van der Waals surface area (Å²) in [6.45, 7) is 2.61. The van der Waals surface area contributed by atoms with Crippen molar-refractivity contribution in [3.63, 3.8) is 0 Å². The molecule has 0 aliphatic rings. The van der Waals surface area contributed by atoms with Crippen LogP contribution < -0.4 is 11.1 Å². The molecule has 0 spiro atoms. The summed E-state index contributed by atoms with van der Waals surface area (Å²) in [5.41, 5.74) is 7.40. The van der Waals surface area contributed by atoms with Crippen LogP contribution in [0.5, 0.6) is 0 Å². The third-order valence-corrected chi connectivity index (χ3v) is 3.07. The van der Waals surface area contributed by atoms with E-state index in [0.29, 0.717) is 35.2 Å². The molecule has 6 heteroatoms. The number of ether oxygens (including phenoxy) is 1. The Hall–Kier alpha value is -2.27. The maximum absolute atomic E-state index is 11.8. The van der Waals surface area contributed by atoms with Crippen LogP contribution in [-0.4, -0.2) is 17.6 Å². The quantitative estimate of drug-likeness (QED) is 0.830. The van der Waals surface area contributed by atoms with Crippen molar-refractivity contribution < 1.29 is 9.53 Å². The van der Waals surface area contributed by atoms with Crippen LogP contribution in [0.2, 0.25) is 5.02 Å². The Labute approximate surface area is 128 Å². The smallest absolute Gasteiger partial charge is 0.340 e. The predicted octanol–water partition coefficient (Wildman–Crippen LogP) is 3.11. The van der Waals surface area contributed by atoms with Crippen molar-refractivity contribution in [1.82, 2.24) is 4.98 Å². The molecule has 0 fully saturated rings. The van der Waals surface area contributed by atoms with Gasteiger partial charge < -0.3 is 15.8 Å². The molecular formula is C15H16ClN3O2. The second-order valence-corrected chi connectivity index (χ2v) is 4.79. The standard InChI is InChI=1S/C15H16ClN3O2/c1-2-21-15(20)12-7-14(19-9-13(12)17)18-8-10-3-5-11(16)6-4-10/h3-7,9H,2,8,17H2,1H3,(H,18,19). The number of carbonyl (C=O) groups excluding carboxylic acids is 1. The van der Waals surface area contributed by atoms with E-state index in [4.69, 9.17) is 22.1 Å². The van der Waals surface area contributed by atoms with E-state index in [1.807, 2.05) is 24.3 Å². The number of hydrogen-bond donors (Lipinski definition) is 2. The highest BCUT2D eigenvalue weighted by Gasteiger charge is 2.12. The number of nitrogen functional groups attached to an aromatic ring is 1. The Kier molecular flexibility index (Phi) is 5.00. The molecule has 110 valence electrons. The van der Waals surface area contributed by atoms with Crippen LogP contribution in [0, 0.1) is 0 Å². The zero-order chi connectivity index (χ0) is 15.2. The molecule has 1 aromatic heterocycles.